The lowest BCUT2D eigenvalue weighted by Crippen LogP contribution is -2.58. The number of ether oxygens (including phenoxy) is 4. The van der Waals surface area contributed by atoms with Crippen molar-refractivity contribution < 1.29 is 24.1 Å². The van der Waals surface area contributed by atoms with Gasteiger partial charge in [-0.25, -0.2) is 0 Å². The monoisotopic (exact) mass is 554 g/mol. The van der Waals surface area contributed by atoms with E-state index in [9.17, 15) is 5.11 Å². The fourth-order valence-electron chi connectivity index (χ4n) is 5.53. The summed E-state index contributed by atoms with van der Waals surface area (Å²) < 4.78 is 26.3. The van der Waals surface area contributed by atoms with Gasteiger partial charge >= 0.3 is 0 Å². The van der Waals surface area contributed by atoms with Crippen molar-refractivity contribution >= 4 is 11.8 Å². The Morgan fingerprint density at radius 1 is 0.625 bits per heavy atom. The molecule has 0 bridgehead atoms. The van der Waals surface area contributed by atoms with Crippen molar-refractivity contribution in [1.82, 2.24) is 0 Å². The summed E-state index contributed by atoms with van der Waals surface area (Å²) in [5.74, 6) is -0.310. The Morgan fingerprint density at radius 3 is 1.77 bits per heavy atom. The predicted octanol–water partition coefficient (Wildman–Crippen LogP) is 6.55. The number of rotatable bonds is 10. The van der Waals surface area contributed by atoms with Crippen molar-refractivity contribution in [2.24, 2.45) is 5.92 Å². The van der Waals surface area contributed by atoms with Crippen molar-refractivity contribution in [2.75, 3.05) is 6.61 Å². The highest BCUT2D eigenvalue weighted by Crippen LogP contribution is 2.51. The molecule has 0 amide bonds. The molecule has 0 saturated carbocycles. The average molecular weight is 555 g/mol. The van der Waals surface area contributed by atoms with Gasteiger partial charge in [0.25, 0.3) is 0 Å². The molecule has 6 heteroatoms. The zero-order chi connectivity index (χ0) is 27.1. The van der Waals surface area contributed by atoms with Crippen LogP contribution < -0.4 is 0 Å². The second kappa shape index (κ2) is 13.1. The van der Waals surface area contributed by atoms with Crippen LogP contribution in [0.4, 0.5) is 0 Å². The molecular weight excluding hydrogens is 520 g/mol. The third kappa shape index (κ3) is 6.33. The van der Waals surface area contributed by atoms with Crippen molar-refractivity contribution in [2.45, 2.75) is 54.6 Å². The van der Waals surface area contributed by atoms with E-state index in [-0.39, 0.29) is 12.0 Å². The molecule has 2 heterocycles. The summed E-state index contributed by atoms with van der Waals surface area (Å²) in [4.78, 5) is 1.03. The highest BCUT2D eigenvalue weighted by Gasteiger charge is 2.53. The van der Waals surface area contributed by atoms with Gasteiger partial charge in [0.05, 0.1) is 44.6 Å². The molecule has 4 aromatic carbocycles. The molecule has 206 valence electrons. The molecule has 1 fully saturated rings. The Hall–Kier alpha value is -2.97. The van der Waals surface area contributed by atoms with Crippen molar-refractivity contribution in [3.8, 4) is 0 Å². The summed E-state index contributed by atoms with van der Waals surface area (Å²) in [5.41, 5.74) is 3.62. The number of aliphatic hydroxyl groups excluding tert-OH is 1. The minimum absolute atomic E-state index is 0.310. The molecular formula is C34H34O5S. The first-order chi connectivity index (χ1) is 19.8. The maximum atomic E-state index is 11.4. The van der Waals surface area contributed by atoms with Gasteiger partial charge in [0, 0.05) is 4.90 Å². The normalized spacial score (nSPS) is 25.6. The van der Waals surface area contributed by atoms with Crippen LogP contribution in [0.3, 0.4) is 0 Å². The lowest BCUT2D eigenvalue weighted by Gasteiger charge is -2.50. The summed E-state index contributed by atoms with van der Waals surface area (Å²) in [6, 6.07) is 38.5. The van der Waals surface area contributed by atoms with Crippen LogP contribution in [-0.4, -0.2) is 35.5 Å². The highest BCUT2D eigenvalue weighted by atomic mass is 32.2. The molecule has 4 aromatic rings. The third-order valence-electron chi connectivity index (χ3n) is 7.51. The van der Waals surface area contributed by atoms with E-state index in [4.69, 9.17) is 18.9 Å². The number of hydrogen-bond donors (Lipinski definition) is 1. The van der Waals surface area contributed by atoms with Gasteiger partial charge in [-0.2, -0.15) is 0 Å². The molecule has 6 rings (SSSR count). The predicted molar refractivity (Wildman–Crippen MR) is 156 cm³/mol. The highest BCUT2D eigenvalue weighted by molar-refractivity contribution is 7.99. The maximum Gasteiger partial charge on any atom is 0.113 e. The van der Waals surface area contributed by atoms with Crippen LogP contribution in [0.25, 0.3) is 0 Å². The second-order valence-electron chi connectivity index (χ2n) is 10.2. The first-order valence-electron chi connectivity index (χ1n) is 13.8. The molecule has 0 aliphatic carbocycles. The Labute approximate surface area is 240 Å². The van der Waals surface area contributed by atoms with Crippen molar-refractivity contribution in [1.29, 1.82) is 0 Å². The van der Waals surface area contributed by atoms with Gasteiger partial charge in [-0.3, -0.25) is 0 Å². The van der Waals surface area contributed by atoms with E-state index in [1.165, 1.54) is 11.8 Å². The van der Waals surface area contributed by atoms with E-state index in [2.05, 4.69) is 42.5 Å². The van der Waals surface area contributed by atoms with E-state index < -0.39 is 23.7 Å². The molecule has 6 atom stereocenters. The quantitative estimate of drug-likeness (QED) is 0.240. The lowest BCUT2D eigenvalue weighted by atomic mass is 9.83. The molecule has 2 aliphatic heterocycles. The molecule has 0 spiro atoms. The molecule has 40 heavy (non-hydrogen) atoms. The van der Waals surface area contributed by atoms with Gasteiger partial charge in [0.1, 0.15) is 17.6 Å². The molecule has 2 aliphatic rings. The summed E-state index contributed by atoms with van der Waals surface area (Å²) >= 11 is 1.46. The molecule has 0 radical (unpaired) electrons. The summed E-state index contributed by atoms with van der Waals surface area (Å²) in [6.45, 7) is 1.64. The Kier molecular flexibility index (Phi) is 8.93. The minimum atomic E-state index is -0.699. The van der Waals surface area contributed by atoms with Crippen molar-refractivity contribution in [3.63, 3.8) is 0 Å². The average Bonchev–Trinajstić information content (AvgIpc) is 3.00. The smallest absolute Gasteiger partial charge is 0.113 e. The van der Waals surface area contributed by atoms with E-state index >= 15 is 0 Å². The fraction of sp³-hybridized carbons (Fsp3) is 0.294. The standard InChI is InChI=1S/C34H34O5S/c35-34-30-31(27-18-10-11-19-29(27)40-34)39-28(23-36-20-24-12-4-1-5-13-24)32(37-21-25-14-6-2-7-15-25)33(30)38-22-26-16-8-3-9-17-26/h1-19,28,30-35H,20-23H2/t28-,30+,31-,32-,33-,34?/m1/s1. The fourth-order valence-corrected chi connectivity index (χ4v) is 6.72. The largest absolute Gasteiger partial charge is 0.382 e. The second-order valence-corrected chi connectivity index (χ2v) is 11.4. The molecule has 5 nitrogen and oxygen atoms in total. The van der Waals surface area contributed by atoms with Gasteiger partial charge in [-0.05, 0) is 28.3 Å². The SMILES string of the molecule is OC1Sc2ccccc2[C@H]2O[C@H](COCc3ccccc3)[C@@H](OCc3ccccc3)[C@H](OCc3ccccc3)[C@@H]12. The van der Waals surface area contributed by atoms with E-state index in [0.717, 1.165) is 27.1 Å². The topological polar surface area (TPSA) is 57.2 Å². The Bertz CT molecular complexity index is 1340. The lowest BCUT2D eigenvalue weighted by molar-refractivity contribution is -0.256. The Morgan fingerprint density at radius 2 is 1.15 bits per heavy atom. The van der Waals surface area contributed by atoms with E-state index in [1.807, 2.05) is 72.8 Å². The minimum Gasteiger partial charge on any atom is -0.382 e. The van der Waals surface area contributed by atoms with Crippen molar-refractivity contribution in [3.05, 3.63) is 138 Å². The zero-order valence-corrected chi connectivity index (χ0v) is 23.1. The molecule has 1 saturated heterocycles. The van der Waals surface area contributed by atoms with Gasteiger partial charge < -0.3 is 24.1 Å². The molecule has 1 N–H and O–H groups in total. The van der Waals surface area contributed by atoms with E-state index in [1.54, 1.807) is 0 Å². The van der Waals surface area contributed by atoms with Gasteiger partial charge in [-0.1, -0.05) is 121 Å². The number of benzene rings is 4. The van der Waals surface area contributed by atoms with Crippen LogP contribution >= 0.6 is 11.8 Å². The summed E-state index contributed by atoms with van der Waals surface area (Å²) in [7, 11) is 0. The first kappa shape index (κ1) is 27.2. The first-order valence-corrected chi connectivity index (χ1v) is 14.7. The number of aliphatic hydroxyl groups is 1. The van der Waals surface area contributed by atoms with E-state index in [0.29, 0.717) is 26.4 Å². The van der Waals surface area contributed by atoms with Crippen LogP contribution in [0.15, 0.2) is 120 Å². The number of fused-ring (bicyclic) bond motifs is 3. The maximum absolute atomic E-state index is 11.4. The van der Waals surface area contributed by atoms with Crippen LogP contribution in [-0.2, 0) is 38.8 Å². The van der Waals surface area contributed by atoms with Crippen LogP contribution in [0, 0.1) is 5.92 Å². The molecule has 1 unspecified atom stereocenters. The molecule has 0 aromatic heterocycles. The number of thioether (sulfide) groups is 1. The van der Waals surface area contributed by atoms with Crippen LogP contribution in [0.5, 0.6) is 0 Å². The van der Waals surface area contributed by atoms with Crippen LogP contribution in [0.2, 0.25) is 0 Å². The van der Waals surface area contributed by atoms with Crippen LogP contribution in [0.1, 0.15) is 28.4 Å². The third-order valence-corrected chi connectivity index (χ3v) is 8.69. The van der Waals surface area contributed by atoms with Gasteiger partial charge in [0.2, 0.25) is 0 Å². The summed E-state index contributed by atoms with van der Waals surface area (Å²) in [6.07, 6.45) is -1.58. The zero-order valence-electron chi connectivity index (χ0n) is 22.3. The summed E-state index contributed by atoms with van der Waals surface area (Å²) in [5, 5.41) is 11.4. The van der Waals surface area contributed by atoms with Gasteiger partial charge in [-0.15, -0.1) is 0 Å². The van der Waals surface area contributed by atoms with Gasteiger partial charge in [0.15, 0.2) is 0 Å². The Balaban J connectivity index is 1.30. The number of hydrogen-bond acceptors (Lipinski definition) is 6.